The molecule has 0 N–H and O–H groups in total. The fourth-order valence-electron chi connectivity index (χ4n) is 4.60. The minimum atomic E-state index is -3.83. The van der Waals surface area contributed by atoms with E-state index >= 15 is 0 Å². The first-order chi connectivity index (χ1) is 17.4. The van der Waals surface area contributed by atoms with Gasteiger partial charge in [0.05, 0.1) is 16.9 Å². The molecule has 2 heterocycles. The lowest BCUT2D eigenvalue weighted by atomic mass is 10.1. The van der Waals surface area contributed by atoms with Crippen molar-refractivity contribution in [3.63, 3.8) is 0 Å². The number of halogens is 2. The molecule has 2 aromatic rings. The van der Waals surface area contributed by atoms with Crippen molar-refractivity contribution in [1.29, 1.82) is 5.26 Å². The lowest BCUT2D eigenvalue weighted by molar-refractivity contribution is -0.134. The summed E-state index contributed by atoms with van der Waals surface area (Å²) in [5, 5.41) is 8.93. The van der Waals surface area contributed by atoms with Crippen molar-refractivity contribution in [3.05, 3.63) is 65.2 Å². The number of carbonyl (C=O) groups excluding carboxylic acids is 2. The third-order valence-electron chi connectivity index (χ3n) is 6.80. The van der Waals surface area contributed by atoms with E-state index in [1.165, 1.54) is 50.5 Å². The summed E-state index contributed by atoms with van der Waals surface area (Å²) < 4.78 is 53.9. The summed E-state index contributed by atoms with van der Waals surface area (Å²) in [6.45, 7) is 1.62. The zero-order valence-corrected chi connectivity index (χ0v) is 21.4. The van der Waals surface area contributed by atoms with Crippen molar-refractivity contribution < 1.29 is 26.8 Å². The van der Waals surface area contributed by atoms with E-state index in [0.717, 1.165) is 6.92 Å². The number of benzene rings is 2. The van der Waals surface area contributed by atoms with Crippen molar-refractivity contribution in [1.82, 2.24) is 14.1 Å². The molecule has 2 aliphatic heterocycles. The fraction of sp³-hybridized carbons (Fsp3) is 0.423. The van der Waals surface area contributed by atoms with Crippen LogP contribution in [0.5, 0.6) is 0 Å². The Balaban J connectivity index is 1.45. The van der Waals surface area contributed by atoms with Crippen molar-refractivity contribution >= 4 is 21.8 Å². The third kappa shape index (κ3) is 5.50. The summed E-state index contributed by atoms with van der Waals surface area (Å²) in [7, 11) is -2.23. The third-order valence-corrected chi connectivity index (χ3v) is 8.63. The highest BCUT2D eigenvalue weighted by molar-refractivity contribution is 7.89. The summed E-state index contributed by atoms with van der Waals surface area (Å²) in [5.74, 6) is -3.99. The lowest BCUT2D eigenvalue weighted by Gasteiger charge is -2.34. The first-order valence-corrected chi connectivity index (χ1v) is 13.4. The maximum absolute atomic E-state index is 13.5. The molecule has 1 atom stereocenters. The van der Waals surface area contributed by atoms with Crippen molar-refractivity contribution in [3.8, 4) is 6.07 Å². The molecule has 2 saturated heterocycles. The van der Waals surface area contributed by atoms with Gasteiger partial charge in [0, 0.05) is 51.3 Å². The van der Waals surface area contributed by atoms with Crippen LogP contribution in [0.3, 0.4) is 0 Å². The number of rotatable bonds is 7. The molecule has 0 saturated carbocycles. The first kappa shape index (κ1) is 26.7. The highest BCUT2D eigenvalue weighted by Gasteiger charge is 2.39. The molecule has 11 heteroatoms. The Hall–Kier alpha value is -3.36. The van der Waals surface area contributed by atoms with Gasteiger partial charge in [0.2, 0.25) is 15.9 Å². The first-order valence-electron chi connectivity index (χ1n) is 11.9. The Morgan fingerprint density at radius 2 is 1.84 bits per heavy atom. The highest BCUT2D eigenvalue weighted by atomic mass is 32.2. The zero-order valence-electron chi connectivity index (χ0n) is 20.6. The molecule has 2 aliphatic rings. The van der Waals surface area contributed by atoms with Gasteiger partial charge in [-0.15, -0.1) is 0 Å². The van der Waals surface area contributed by atoms with E-state index < -0.39 is 27.9 Å². The summed E-state index contributed by atoms with van der Waals surface area (Å²) in [6, 6.07) is 12.8. The van der Waals surface area contributed by atoms with Gasteiger partial charge in [-0.05, 0) is 36.6 Å². The van der Waals surface area contributed by atoms with Crippen LogP contribution in [0, 0.1) is 17.2 Å². The van der Waals surface area contributed by atoms with Crippen LogP contribution in [-0.2, 0) is 27.3 Å². The molecular weight excluding hydrogens is 502 g/mol. The molecule has 0 spiro atoms. The molecule has 2 amide bonds. The Morgan fingerprint density at radius 3 is 2.46 bits per heavy atom. The van der Waals surface area contributed by atoms with Crippen LogP contribution in [0.4, 0.5) is 8.78 Å². The fourth-order valence-corrected chi connectivity index (χ4v) is 6.17. The number of amides is 2. The summed E-state index contributed by atoms with van der Waals surface area (Å²) in [5.41, 5.74) is 0.736. The second kappa shape index (κ2) is 10.2. The van der Waals surface area contributed by atoms with Crippen LogP contribution >= 0.6 is 0 Å². The van der Waals surface area contributed by atoms with Gasteiger partial charge in [0.1, 0.15) is 6.04 Å². The Kier molecular flexibility index (Phi) is 7.35. The second-order valence-corrected chi connectivity index (χ2v) is 11.5. The number of carbonyl (C=O) groups is 2. The van der Waals surface area contributed by atoms with E-state index in [9.17, 15) is 26.8 Å². The molecule has 37 heavy (non-hydrogen) atoms. The van der Waals surface area contributed by atoms with Gasteiger partial charge in [-0.1, -0.05) is 30.3 Å². The maximum atomic E-state index is 13.5. The van der Waals surface area contributed by atoms with Gasteiger partial charge in [-0.25, -0.2) is 17.2 Å². The number of likely N-dealkylation sites (tertiary alicyclic amines) is 1. The van der Waals surface area contributed by atoms with E-state index in [0.29, 0.717) is 24.9 Å². The van der Waals surface area contributed by atoms with Crippen LogP contribution in [0.15, 0.2) is 53.4 Å². The van der Waals surface area contributed by atoms with Gasteiger partial charge in [0.15, 0.2) is 0 Å². The minimum Gasteiger partial charge on any atom is -0.340 e. The van der Waals surface area contributed by atoms with Gasteiger partial charge in [0.25, 0.3) is 11.8 Å². The van der Waals surface area contributed by atoms with E-state index in [2.05, 4.69) is 0 Å². The largest absolute Gasteiger partial charge is 0.340 e. The molecule has 8 nitrogen and oxygen atoms in total. The van der Waals surface area contributed by atoms with Crippen LogP contribution in [0.2, 0.25) is 0 Å². The zero-order chi connectivity index (χ0) is 27.0. The number of sulfonamides is 1. The molecule has 0 unspecified atom stereocenters. The SMILES string of the molecule is CN(Cc1ccc(C(C)(F)F)cc1)C(=O)[C@H]1CCCN1C(=O)c1cccc(S(=O)(=O)N2CC(C#N)C2)c1. The van der Waals surface area contributed by atoms with Gasteiger partial charge in [-0.3, -0.25) is 9.59 Å². The second-order valence-electron chi connectivity index (χ2n) is 9.61. The van der Waals surface area contributed by atoms with E-state index in [1.54, 1.807) is 19.2 Å². The van der Waals surface area contributed by atoms with E-state index in [4.69, 9.17) is 5.26 Å². The molecule has 2 aromatic carbocycles. The average molecular weight is 531 g/mol. The predicted octanol–water partition coefficient (Wildman–Crippen LogP) is 3.21. The Labute approximate surface area is 215 Å². The number of nitrogens with zero attached hydrogens (tertiary/aromatic N) is 4. The van der Waals surface area contributed by atoms with Crippen molar-refractivity contribution in [2.24, 2.45) is 5.92 Å². The van der Waals surface area contributed by atoms with Gasteiger partial charge >= 0.3 is 0 Å². The summed E-state index contributed by atoms with van der Waals surface area (Å²) in [4.78, 5) is 29.5. The van der Waals surface area contributed by atoms with Gasteiger partial charge in [-0.2, -0.15) is 9.57 Å². The predicted molar refractivity (Wildman–Crippen MR) is 131 cm³/mol. The summed E-state index contributed by atoms with van der Waals surface area (Å²) in [6.07, 6.45) is 1.09. The molecule has 2 fully saturated rings. The molecule has 0 radical (unpaired) electrons. The normalized spacial score (nSPS) is 18.8. The van der Waals surface area contributed by atoms with Crippen LogP contribution in [0.25, 0.3) is 0 Å². The molecule has 196 valence electrons. The number of hydrogen-bond donors (Lipinski definition) is 0. The molecule has 0 bridgehead atoms. The molecule has 0 aromatic heterocycles. The monoisotopic (exact) mass is 530 g/mol. The smallest absolute Gasteiger partial charge is 0.270 e. The van der Waals surface area contributed by atoms with Gasteiger partial charge < -0.3 is 9.80 Å². The quantitative estimate of drug-likeness (QED) is 0.547. The molecule has 4 rings (SSSR count). The Morgan fingerprint density at radius 1 is 1.16 bits per heavy atom. The lowest BCUT2D eigenvalue weighted by Crippen LogP contribution is -2.49. The maximum Gasteiger partial charge on any atom is 0.270 e. The van der Waals surface area contributed by atoms with Crippen molar-refractivity contribution in [2.45, 2.75) is 43.2 Å². The molecular formula is C26H28F2N4O4S. The minimum absolute atomic E-state index is 0.0324. The number of nitriles is 1. The number of hydrogen-bond acceptors (Lipinski definition) is 5. The standard InChI is InChI=1S/C26H28F2N4O4S/c1-26(27,28)21-10-8-18(9-11-21)15-30(2)25(34)23-7-4-12-32(23)24(33)20-5-3-6-22(13-20)37(35,36)31-16-19(14-29)17-31/h3,5-6,8-11,13,19,23H,4,7,12,15-17H2,1-2H3/t23-/m1/s1. The van der Waals surface area contributed by atoms with E-state index in [1.807, 2.05) is 6.07 Å². The van der Waals surface area contributed by atoms with Crippen LogP contribution in [-0.4, -0.2) is 67.1 Å². The van der Waals surface area contributed by atoms with Crippen LogP contribution in [0.1, 0.15) is 41.3 Å². The van der Waals surface area contributed by atoms with Crippen LogP contribution < -0.4 is 0 Å². The summed E-state index contributed by atoms with van der Waals surface area (Å²) >= 11 is 0. The topological polar surface area (TPSA) is 102 Å². The number of likely N-dealkylation sites (N-methyl/N-ethyl adjacent to an activating group) is 1. The van der Waals surface area contributed by atoms with E-state index in [-0.39, 0.29) is 47.5 Å². The highest BCUT2D eigenvalue weighted by Crippen LogP contribution is 2.29. The average Bonchev–Trinajstić information content (AvgIpc) is 3.32. The number of alkyl halides is 2. The molecule has 0 aliphatic carbocycles. The Bertz CT molecular complexity index is 1330. The van der Waals surface area contributed by atoms with Crippen molar-refractivity contribution in [2.75, 3.05) is 26.7 Å².